The van der Waals surface area contributed by atoms with Crippen molar-refractivity contribution in [1.29, 1.82) is 0 Å². The number of carbonyl (C=O) groups excluding carboxylic acids is 1. The molecule has 0 atom stereocenters. The lowest BCUT2D eigenvalue weighted by Crippen LogP contribution is -2.04. The van der Waals surface area contributed by atoms with E-state index in [4.69, 9.17) is 0 Å². The number of aryl methyl sites for hydroxylation is 1. The van der Waals surface area contributed by atoms with E-state index in [-0.39, 0.29) is 5.78 Å². The zero-order chi connectivity index (χ0) is 14.9. The molecule has 20 heavy (non-hydrogen) atoms. The van der Waals surface area contributed by atoms with Gasteiger partial charge < -0.3 is 0 Å². The first-order valence-corrected chi connectivity index (χ1v) is 6.08. The first-order chi connectivity index (χ1) is 9.29. The molecule has 2 aromatic rings. The van der Waals surface area contributed by atoms with Gasteiger partial charge in [-0.15, -0.1) is 0 Å². The van der Waals surface area contributed by atoms with Crippen molar-refractivity contribution in [2.45, 2.75) is 20.0 Å². The van der Waals surface area contributed by atoms with E-state index in [0.717, 1.165) is 17.7 Å². The number of alkyl halides is 3. The smallest absolute Gasteiger partial charge is 0.294 e. The monoisotopic (exact) mass is 278 g/mol. The van der Waals surface area contributed by atoms with Crippen molar-refractivity contribution in [1.82, 2.24) is 0 Å². The van der Waals surface area contributed by atoms with E-state index < -0.39 is 11.7 Å². The van der Waals surface area contributed by atoms with Crippen molar-refractivity contribution in [3.63, 3.8) is 0 Å². The summed E-state index contributed by atoms with van der Waals surface area (Å²) in [6.45, 7) is 3.32. The van der Waals surface area contributed by atoms with Crippen LogP contribution >= 0.6 is 0 Å². The second kappa shape index (κ2) is 5.12. The van der Waals surface area contributed by atoms with Gasteiger partial charge in [-0.1, -0.05) is 35.9 Å². The number of hydrogen-bond donors (Lipinski definition) is 0. The van der Waals surface area contributed by atoms with Crippen LogP contribution in [0.4, 0.5) is 13.2 Å². The molecule has 2 aromatic carbocycles. The zero-order valence-electron chi connectivity index (χ0n) is 11.1. The summed E-state index contributed by atoms with van der Waals surface area (Å²) >= 11 is 0. The summed E-state index contributed by atoms with van der Waals surface area (Å²) < 4.78 is 37.6. The van der Waals surface area contributed by atoms with Crippen molar-refractivity contribution in [3.8, 4) is 11.1 Å². The Morgan fingerprint density at radius 3 is 2.10 bits per heavy atom. The highest BCUT2D eigenvalue weighted by Gasteiger charge is 2.30. The second-order valence-electron chi connectivity index (χ2n) is 4.68. The molecular weight excluding hydrogens is 265 g/mol. The first-order valence-electron chi connectivity index (χ1n) is 6.08. The molecule has 0 saturated heterocycles. The van der Waals surface area contributed by atoms with Crippen molar-refractivity contribution < 1.29 is 18.0 Å². The van der Waals surface area contributed by atoms with Crippen molar-refractivity contribution in [2.24, 2.45) is 0 Å². The van der Waals surface area contributed by atoms with Crippen LogP contribution in [-0.2, 0) is 6.18 Å². The SMILES string of the molecule is CC(=O)c1ccc(C)cc1-c1ccc(C(F)(F)F)cc1. The maximum atomic E-state index is 12.5. The van der Waals surface area contributed by atoms with Gasteiger partial charge in [0.1, 0.15) is 0 Å². The largest absolute Gasteiger partial charge is 0.416 e. The zero-order valence-corrected chi connectivity index (χ0v) is 11.1. The third-order valence-electron chi connectivity index (χ3n) is 3.08. The van der Waals surface area contributed by atoms with Gasteiger partial charge in [0.05, 0.1) is 5.56 Å². The summed E-state index contributed by atoms with van der Waals surface area (Å²) in [5, 5.41) is 0. The van der Waals surface area contributed by atoms with Crippen LogP contribution in [0.5, 0.6) is 0 Å². The highest BCUT2D eigenvalue weighted by molar-refractivity contribution is 6.00. The van der Waals surface area contributed by atoms with Gasteiger partial charge in [0.15, 0.2) is 5.78 Å². The van der Waals surface area contributed by atoms with Crippen LogP contribution in [0.25, 0.3) is 11.1 Å². The summed E-state index contributed by atoms with van der Waals surface area (Å²) in [7, 11) is 0. The molecule has 0 bridgehead atoms. The third kappa shape index (κ3) is 2.90. The van der Waals surface area contributed by atoms with Crippen molar-refractivity contribution in [3.05, 3.63) is 59.2 Å². The van der Waals surface area contributed by atoms with E-state index in [1.54, 1.807) is 12.1 Å². The van der Waals surface area contributed by atoms with Gasteiger partial charge in [0.25, 0.3) is 0 Å². The fourth-order valence-electron chi connectivity index (χ4n) is 2.04. The van der Waals surface area contributed by atoms with Gasteiger partial charge in [-0.05, 0) is 37.1 Å². The summed E-state index contributed by atoms with van der Waals surface area (Å²) in [4.78, 5) is 11.6. The Morgan fingerprint density at radius 2 is 1.60 bits per heavy atom. The second-order valence-corrected chi connectivity index (χ2v) is 4.68. The minimum atomic E-state index is -4.35. The van der Waals surface area contributed by atoms with Crippen LogP contribution in [-0.4, -0.2) is 5.78 Å². The van der Waals surface area contributed by atoms with Gasteiger partial charge in [-0.3, -0.25) is 4.79 Å². The lowest BCUT2D eigenvalue weighted by Gasteiger charge is -2.11. The highest BCUT2D eigenvalue weighted by Crippen LogP contribution is 2.32. The van der Waals surface area contributed by atoms with Crippen LogP contribution in [0.1, 0.15) is 28.4 Å². The molecule has 0 N–H and O–H groups in total. The number of carbonyl (C=O) groups is 1. The molecule has 1 nitrogen and oxygen atoms in total. The summed E-state index contributed by atoms with van der Waals surface area (Å²) in [5.41, 5.74) is 2.02. The Bertz CT molecular complexity index is 640. The molecule has 0 unspecified atom stereocenters. The number of benzene rings is 2. The number of Topliss-reactive ketones (excluding diaryl/α,β-unsaturated/α-hetero) is 1. The average molecular weight is 278 g/mol. The Labute approximate surface area is 115 Å². The van der Waals surface area contributed by atoms with E-state index in [1.165, 1.54) is 19.1 Å². The van der Waals surface area contributed by atoms with Crippen LogP contribution in [0, 0.1) is 6.92 Å². The minimum Gasteiger partial charge on any atom is -0.294 e. The van der Waals surface area contributed by atoms with Crippen LogP contribution in [0.2, 0.25) is 0 Å². The van der Waals surface area contributed by atoms with Crippen molar-refractivity contribution in [2.75, 3.05) is 0 Å². The Morgan fingerprint density at radius 1 is 1.00 bits per heavy atom. The van der Waals surface area contributed by atoms with Crippen LogP contribution in [0.3, 0.4) is 0 Å². The molecule has 104 valence electrons. The molecule has 0 heterocycles. The number of rotatable bonds is 2. The number of ketones is 1. The first kappa shape index (κ1) is 14.3. The highest BCUT2D eigenvalue weighted by atomic mass is 19.4. The van der Waals surface area contributed by atoms with Crippen molar-refractivity contribution >= 4 is 5.78 Å². The molecule has 0 aliphatic heterocycles. The Kier molecular flexibility index (Phi) is 3.66. The molecule has 0 aromatic heterocycles. The van der Waals surface area contributed by atoms with Crippen LogP contribution < -0.4 is 0 Å². The summed E-state index contributed by atoms with van der Waals surface area (Å²) in [6, 6.07) is 10.2. The Hall–Kier alpha value is -2.10. The average Bonchev–Trinajstić information content (AvgIpc) is 2.37. The van der Waals surface area contributed by atoms with E-state index in [1.807, 2.05) is 13.0 Å². The fourth-order valence-corrected chi connectivity index (χ4v) is 2.04. The fraction of sp³-hybridized carbons (Fsp3) is 0.188. The van der Waals surface area contributed by atoms with E-state index >= 15 is 0 Å². The molecule has 4 heteroatoms. The van der Waals surface area contributed by atoms with E-state index in [9.17, 15) is 18.0 Å². The lowest BCUT2D eigenvalue weighted by molar-refractivity contribution is -0.137. The quantitative estimate of drug-likeness (QED) is 0.715. The molecular formula is C16H13F3O. The predicted octanol–water partition coefficient (Wildman–Crippen LogP) is 4.88. The minimum absolute atomic E-state index is 0.111. The molecule has 0 saturated carbocycles. The standard InChI is InChI=1S/C16H13F3O/c1-10-3-8-14(11(2)20)15(9-10)12-4-6-13(7-5-12)16(17,18)19/h3-9H,1-2H3. The molecule has 0 amide bonds. The topological polar surface area (TPSA) is 17.1 Å². The molecule has 0 spiro atoms. The molecule has 2 rings (SSSR count). The number of hydrogen-bond acceptors (Lipinski definition) is 1. The molecule has 0 aliphatic rings. The van der Waals surface area contributed by atoms with Crippen LogP contribution in [0.15, 0.2) is 42.5 Å². The molecule has 0 radical (unpaired) electrons. The van der Waals surface area contributed by atoms with Gasteiger partial charge >= 0.3 is 6.18 Å². The third-order valence-corrected chi connectivity index (χ3v) is 3.08. The normalized spacial score (nSPS) is 11.4. The maximum absolute atomic E-state index is 12.5. The molecule has 0 fully saturated rings. The predicted molar refractivity (Wildman–Crippen MR) is 71.6 cm³/mol. The maximum Gasteiger partial charge on any atom is 0.416 e. The van der Waals surface area contributed by atoms with E-state index in [0.29, 0.717) is 16.7 Å². The lowest BCUT2D eigenvalue weighted by atomic mass is 9.95. The van der Waals surface area contributed by atoms with Gasteiger partial charge in [0, 0.05) is 5.56 Å². The summed E-state index contributed by atoms with van der Waals surface area (Å²) in [6.07, 6.45) is -4.35. The van der Waals surface area contributed by atoms with E-state index in [2.05, 4.69) is 0 Å². The Balaban J connectivity index is 2.52. The summed E-state index contributed by atoms with van der Waals surface area (Å²) in [5.74, 6) is -0.111. The number of halogens is 3. The van der Waals surface area contributed by atoms with Gasteiger partial charge in [-0.2, -0.15) is 13.2 Å². The molecule has 0 aliphatic carbocycles. The van der Waals surface area contributed by atoms with Gasteiger partial charge in [0.2, 0.25) is 0 Å². The van der Waals surface area contributed by atoms with Gasteiger partial charge in [-0.25, -0.2) is 0 Å².